The smallest absolute Gasteiger partial charge is 0.330 e. The van der Waals surface area contributed by atoms with Gasteiger partial charge in [-0.2, -0.15) is 0 Å². The van der Waals surface area contributed by atoms with Gasteiger partial charge in [-0.1, -0.05) is 48.8 Å². The second-order valence-electron chi connectivity index (χ2n) is 7.59. The van der Waals surface area contributed by atoms with Crippen molar-refractivity contribution in [2.75, 3.05) is 11.4 Å². The highest BCUT2D eigenvalue weighted by Gasteiger charge is 2.43. The lowest BCUT2D eigenvalue weighted by Crippen LogP contribution is -2.43. The average Bonchev–Trinajstić information content (AvgIpc) is 2.99. The normalized spacial score (nSPS) is 16.9. The lowest BCUT2D eigenvalue weighted by molar-refractivity contribution is -0.141. The number of ether oxygens (including phenoxy) is 1. The van der Waals surface area contributed by atoms with Gasteiger partial charge < -0.3 is 4.74 Å². The second kappa shape index (κ2) is 6.95. The molecule has 0 aliphatic carbocycles. The number of hydrogen-bond acceptors (Lipinski definition) is 4. The third-order valence-electron chi connectivity index (χ3n) is 4.73. The number of methoxy groups -OCH3 is 1. The van der Waals surface area contributed by atoms with Crippen molar-refractivity contribution < 1.29 is 17.9 Å². The van der Waals surface area contributed by atoms with Gasteiger partial charge in [0.2, 0.25) is 0 Å². The van der Waals surface area contributed by atoms with Crippen molar-refractivity contribution >= 4 is 37.6 Å². The van der Waals surface area contributed by atoms with Crippen molar-refractivity contribution in [3.8, 4) is 0 Å². The number of sulfonamides is 1. The van der Waals surface area contributed by atoms with Crippen molar-refractivity contribution in [1.29, 1.82) is 0 Å². The van der Waals surface area contributed by atoms with E-state index in [1.807, 2.05) is 18.2 Å². The number of carbonyl (C=O) groups is 1. The van der Waals surface area contributed by atoms with Crippen molar-refractivity contribution in [2.45, 2.75) is 43.5 Å². The monoisotopic (exact) mass is 451 g/mol. The molecule has 0 saturated heterocycles. The summed E-state index contributed by atoms with van der Waals surface area (Å²) in [4.78, 5) is 12.5. The maximum absolute atomic E-state index is 13.4. The minimum atomic E-state index is -3.91. The summed E-state index contributed by atoms with van der Waals surface area (Å²) in [7, 11) is -2.65. The molecule has 0 aromatic heterocycles. The van der Waals surface area contributed by atoms with Crippen molar-refractivity contribution in [1.82, 2.24) is 0 Å². The lowest BCUT2D eigenvalue weighted by Gasteiger charge is -2.26. The van der Waals surface area contributed by atoms with E-state index in [-0.39, 0.29) is 16.7 Å². The van der Waals surface area contributed by atoms with Gasteiger partial charge in [-0.25, -0.2) is 13.2 Å². The van der Waals surface area contributed by atoms with Gasteiger partial charge in [0.05, 0.1) is 17.7 Å². The van der Waals surface area contributed by atoms with Gasteiger partial charge in [0.15, 0.2) is 0 Å². The van der Waals surface area contributed by atoms with Crippen LogP contribution < -0.4 is 4.31 Å². The molecule has 0 bridgehead atoms. The van der Waals surface area contributed by atoms with E-state index in [1.54, 1.807) is 24.3 Å². The molecular formula is C20H22BrNO4S. The molecule has 1 aliphatic heterocycles. The van der Waals surface area contributed by atoms with Gasteiger partial charge in [0, 0.05) is 10.9 Å². The van der Waals surface area contributed by atoms with Crippen LogP contribution in [0, 0.1) is 0 Å². The summed E-state index contributed by atoms with van der Waals surface area (Å²) >= 11 is 3.40. The van der Waals surface area contributed by atoms with Gasteiger partial charge in [-0.15, -0.1) is 0 Å². The third-order valence-corrected chi connectivity index (χ3v) is 7.06. The standard InChI is InChI=1S/C20H22BrNO4S/c1-20(2,3)14-5-8-16(9-6-14)27(24,25)22-17-10-7-15(21)11-13(17)12-18(22)19(23)26-4/h5-11,18H,12H2,1-4H3. The number of benzene rings is 2. The number of esters is 1. The molecule has 27 heavy (non-hydrogen) atoms. The number of halogens is 1. The molecule has 3 rings (SSSR count). The predicted molar refractivity (Wildman–Crippen MR) is 108 cm³/mol. The molecule has 1 aliphatic rings. The van der Waals surface area contributed by atoms with Crippen LogP contribution in [-0.4, -0.2) is 27.5 Å². The minimum absolute atomic E-state index is 0.0800. The highest BCUT2D eigenvalue weighted by molar-refractivity contribution is 9.10. The second-order valence-corrected chi connectivity index (χ2v) is 10.3. The van der Waals surface area contributed by atoms with Crippen LogP contribution in [0.3, 0.4) is 0 Å². The van der Waals surface area contributed by atoms with Gasteiger partial charge in [0.25, 0.3) is 10.0 Å². The quantitative estimate of drug-likeness (QED) is 0.660. The summed E-state index contributed by atoms with van der Waals surface area (Å²) < 4.78 is 33.6. The fourth-order valence-electron chi connectivity index (χ4n) is 3.24. The summed E-state index contributed by atoms with van der Waals surface area (Å²) in [5, 5.41) is 0. The fourth-order valence-corrected chi connectivity index (χ4v) is 5.29. The Bertz CT molecular complexity index is 978. The summed E-state index contributed by atoms with van der Waals surface area (Å²) in [6, 6.07) is 11.2. The highest BCUT2D eigenvalue weighted by Crippen LogP contribution is 2.39. The number of hydrogen-bond donors (Lipinski definition) is 0. The van der Waals surface area contributed by atoms with Crippen molar-refractivity contribution in [3.63, 3.8) is 0 Å². The van der Waals surface area contributed by atoms with Crippen LogP contribution in [0.4, 0.5) is 5.69 Å². The van der Waals surface area contributed by atoms with Gasteiger partial charge in [-0.3, -0.25) is 4.31 Å². The molecule has 5 nitrogen and oxygen atoms in total. The molecule has 7 heteroatoms. The summed E-state index contributed by atoms with van der Waals surface area (Å²) in [5.41, 5.74) is 2.25. The number of carbonyl (C=O) groups excluding carboxylic acids is 1. The molecule has 1 unspecified atom stereocenters. The Morgan fingerprint density at radius 1 is 1.15 bits per heavy atom. The largest absolute Gasteiger partial charge is 0.467 e. The van der Waals surface area contributed by atoms with E-state index in [1.165, 1.54) is 11.4 Å². The topological polar surface area (TPSA) is 63.7 Å². The Labute approximate surface area is 168 Å². The third kappa shape index (κ3) is 3.62. The molecule has 144 valence electrons. The molecule has 0 spiro atoms. The first-order valence-electron chi connectivity index (χ1n) is 8.57. The minimum Gasteiger partial charge on any atom is -0.467 e. The van der Waals surface area contributed by atoms with Crippen LogP contribution in [0.15, 0.2) is 51.8 Å². The van der Waals surface area contributed by atoms with E-state index in [0.717, 1.165) is 15.6 Å². The zero-order valence-corrected chi connectivity index (χ0v) is 18.1. The van der Waals surface area contributed by atoms with E-state index >= 15 is 0 Å². The first kappa shape index (κ1) is 19.9. The first-order chi connectivity index (χ1) is 12.6. The Morgan fingerprint density at radius 2 is 1.78 bits per heavy atom. The number of rotatable bonds is 3. The SMILES string of the molecule is COC(=O)C1Cc2cc(Br)ccc2N1S(=O)(=O)c1ccc(C(C)(C)C)cc1. The van der Waals surface area contributed by atoms with Crippen LogP contribution in [0.2, 0.25) is 0 Å². The van der Waals surface area contributed by atoms with E-state index in [2.05, 4.69) is 36.7 Å². The maximum atomic E-state index is 13.4. The van der Waals surface area contributed by atoms with E-state index in [9.17, 15) is 13.2 Å². The summed E-state index contributed by atoms with van der Waals surface area (Å²) in [5.74, 6) is -0.572. The van der Waals surface area contributed by atoms with Crippen LogP contribution in [-0.2, 0) is 31.4 Å². The molecule has 0 amide bonds. The van der Waals surface area contributed by atoms with Crippen molar-refractivity contribution in [3.05, 3.63) is 58.1 Å². The van der Waals surface area contributed by atoms with E-state index in [0.29, 0.717) is 5.69 Å². The lowest BCUT2D eigenvalue weighted by atomic mass is 9.87. The Balaban J connectivity index is 2.09. The molecule has 0 radical (unpaired) electrons. The van der Waals surface area contributed by atoms with Gasteiger partial charge >= 0.3 is 5.97 Å². The van der Waals surface area contributed by atoms with Gasteiger partial charge in [-0.05, 0) is 46.9 Å². The summed E-state index contributed by atoms with van der Waals surface area (Å²) in [6.07, 6.45) is 0.279. The number of fused-ring (bicyclic) bond motifs is 1. The van der Waals surface area contributed by atoms with Crippen LogP contribution >= 0.6 is 15.9 Å². The molecule has 2 aromatic rings. The zero-order valence-electron chi connectivity index (χ0n) is 15.7. The molecule has 1 heterocycles. The first-order valence-corrected chi connectivity index (χ1v) is 10.8. The molecular weight excluding hydrogens is 430 g/mol. The van der Waals surface area contributed by atoms with E-state index < -0.39 is 22.0 Å². The molecule has 1 atom stereocenters. The maximum Gasteiger partial charge on any atom is 0.330 e. The Hall–Kier alpha value is -1.86. The number of nitrogens with zero attached hydrogens (tertiary/aromatic N) is 1. The molecule has 0 fully saturated rings. The predicted octanol–water partition coefficient (Wildman–Crippen LogP) is 4.04. The number of anilines is 1. The Morgan fingerprint density at radius 3 is 2.33 bits per heavy atom. The average molecular weight is 452 g/mol. The van der Waals surface area contributed by atoms with E-state index in [4.69, 9.17) is 4.74 Å². The van der Waals surface area contributed by atoms with Crippen LogP contribution in [0.5, 0.6) is 0 Å². The molecule has 0 saturated carbocycles. The van der Waals surface area contributed by atoms with Crippen LogP contribution in [0.1, 0.15) is 31.9 Å². The Kier molecular flexibility index (Phi) is 5.12. The van der Waals surface area contributed by atoms with Gasteiger partial charge in [0.1, 0.15) is 6.04 Å². The summed E-state index contributed by atoms with van der Waals surface area (Å²) in [6.45, 7) is 6.20. The molecule has 2 aromatic carbocycles. The highest BCUT2D eigenvalue weighted by atomic mass is 79.9. The van der Waals surface area contributed by atoms with Crippen molar-refractivity contribution in [2.24, 2.45) is 0 Å². The molecule has 0 N–H and O–H groups in total. The zero-order chi connectivity index (χ0) is 20.0. The van der Waals surface area contributed by atoms with Crippen LogP contribution in [0.25, 0.3) is 0 Å². The fraction of sp³-hybridized carbons (Fsp3) is 0.350.